The number of benzene rings is 2. The van der Waals surface area contributed by atoms with Gasteiger partial charge in [-0.25, -0.2) is 0 Å². The van der Waals surface area contributed by atoms with Gasteiger partial charge in [-0.3, -0.25) is 4.79 Å². The van der Waals surface area contributed by atoms with E-state index in [0.717, 1.165) is 44.8 Å². The zero-order chi connectivity index (χ0) is 21.7. The van der Waals surface area contributed by atoms with Crippen molar-refractivity contribution in [1.82, 2.24) is 10.6 Å². The van der Waals surface area contributed by atoms with Crippen LogP contribution in [0.25, 0.3) is 0 Å². The van der Waals surface area contributed by atoms with Gasteiger partial charge in [0.15, 0.2) is 0 Å². The number of aliphatic hydroxyl groups is 1. The fourth-order valence-corrected chi connectivity index (χ4v) is 2.29. The summed E-state index contributed by atoms with van der Waals surface area (Å²) in [4.78, 5) is 8.36. The van der Waals surface area contributed by atoms with Gasteiger partial charge in [0.25, 0.3) is 6.47 Å². The standard InChI is InChI=1S/C10H14O.C8H11N.C4H9NO.CH2O2/c1-3-8-11-10-6-4-9(2)5-7-10;1-9-7-8-5-3-2-4-6-8;6-4-1-2-5-3-4;2-1-3/h4-7H,3,8H2,1-2H3;2-6,9H,7H2,1H3;4-6H,1-3H2;1H,(H,2,3). The normalized spacial score (nSPS) is 14.1. The summed E-state index contributed by atoms with van der Waals surface area (Å²) in [6, 6.07) is 18.5. The van der Waals surface area contributed by atoms with Crippen molar-refractivity contribution in [3.8, 4) is 5.75 Å². The highest BCUT2D eigenvalue weighted by molar-refractivity contribution is 5.32. The molecule has 29 heavy (non-hydrogen) atoms. The zero-order valence-electron chi connectivity index (χ0n) is 17.8. The van der Waals surface area contributed by atoms with Crippen molar-refractivity contribution in [3.63, 3.8) is 0 Å². The van der Waals surface area contributed by atoms with Gasteiger partial charge in [0.05, 0.1) is 12.7 Å². The van der Waals surface area contributed by atoms with E-state index in [9.17, 15) is 0 Å². The van der Waals surface area contributed by atoms with Crippen LogP contribution < -0.4 is 15.4 Å². The molecule has 3 rings (SSSR count). The molecule has 0 amide bonds. The first kappa shape index (κ1) is 26.6. The van der Waals surface area contributed by atoms with Crippen LogP contribution in [0.5, 0.6) is 5.75 Å². The minimum Gasteiger partial charge on any atom is -0.494 e. The molecule has 6 heteroatoms. The third kappa shape index (κ3) is 16.3. The number of ether oxygens (including phenoxy) is 1. The first-order valence-electron chi connectivity index (χ1n) is 9.91. The maximum absolute atomic E-state index is 8.67. The molecule has 1 aliphatic rings. The van der Waals surface area contributed by atoms with Gasteiger partial charge in [0, 0.05) is 13.1 Å². The van der Waals surface area contributed by atoms with Crippen molar-refractivity contribution in [2.24, 2.45) is 0 Å². The van der Waals surface area contributed by atoms with Crippen LogP contribution in [0.4, 0.5) is 0 Å². The minimum absolute atomic E-state index is 0.0648. The van der Waals surface area contributed by atoms with Gasteiger partial charge in [0.1, 0.15) is 5.75 Å². The highest BCUT2D eigenvalue weighted by Crippen LogP contribution is 2.11. The molecule has 0 aliphatic carbocycles. The lowest BCUT2D eigenvalue weighted by Crippen LogP contribution is -2.11. The molecule has 1 unspecified atom stereocenters. The molecular weight excluding hydrogens is 368 g/mol. The molecule has 2 aromatic rings. The van der Waals surface area contributed by atoms with Crippen molar-refractivity contribution in [2.75, 3.05) is 26.7 Å². The largest absolute Gasteiger partial charge is 0.494 e. The number of carboxylic acid groups (broad SMARTS) is 1. The highest BCUT2D eigenvalue weighted by Gasteiger charge is 2.08. The van der Waals surface area contributed by atoms with Crippen LogP contribution in [0.3, 0.4) is 0 Å². The van der Waals surface area contributed by atoms with Crippen molar-refractivity contribution >= 4 is 6.47 Å². The summed E-state index contributed by atoms with van der Waals surface area (Å²) >= 11 is 0. The maximum Gasteiger partial charge on any atom is 0.290 e. The van der Waals surface area contributed by atoms with Crippen LogP contribution in [0.1, 0.15) is 30.9 Å². The summed E-state index contributed by atoms with van der Waals surface area (Å²) in [6.07, 6.45) is 1.93. The lowest BCUT2D eigenvalue weighted by Gasteiger charge is -2.03. The fourth-order valence-electron chi connectivity index (χ4n) is 2.29. The Hall–Kier alpha value is -2.41. The number of nitrogens with one attached hydrogen (secondary N) is 2. The topological polar surface area (TPSA) is 90.8 Å². The van der Waals surface area contributed by atoms with Gasteiger partial charge >= 0.3 is 0 Å². The number of hydrogen-bond donors (Lipinski definition) is 4. The number of hydrogen-bond acceptors (Lipinski definition) is 5. The monoisotopic (exact) mass is 404 g/mol. The Labute approximate surface area is 174 Å². The summed E-state index contributed by atoms with van der Waals surface area (Å²) < 4.78 is 5.41. The molecule has 0 radical (unpaired) electrons. The summed E-state index contributed by atoms with van der Waals surface area (Å²) in [5, 5.41) is 21.7. The molecule has 1 atom stereocenters. The number of β-amino-alcohol motifs (C(OH)–C–C–N with tert-alkyl or cyclic N) is 1. The van der Waals surface area contributed by atoms with E-state index in [-0.39, 0.29) is 12.6 Å². The van der Waals surface area contributed by atoms with Gasteiger partial charge in [-0.05, 0) is 51.1 Å². The lowest BCUT2D eigenvalue weighted by atomic mass is 10.2. The van der Waals surface area contributed by atoms with E-state index >= 15 is 0 Å². The van der Waals surface area contributed by atoms with Gasteiger partial charge < -0.3 is 25.6 Å². The fraction of sp³-hybridized carbons (Fsp3) is 0.435. The van der Waals surface area contributed by atoms with Gasteiger partial charge in [-0.15, -0.1) is 0 Å². The van der Waals surface area contributed by atoms with Crippen molar-refractivity contribution < 1.29 is 19.7 Å². The molecule has 0 saturated carbocycles. The first-order valence-corrected chi connectivity index (χ1v) is 9.91. The predicted octanol–water partition coefficient (Wildman–Crippen LogP) is 3.23. The molecule has 2 aromatic carbocycles. The maximum atomic E-state index is 8.67. The van der Waals surface area contributed by atoms with E-state index in [2.05, 4.69) is 48.7 Å². The van der Waals surface area contributed by atoms with E-state index in [1.807, 2.05) is 37.4 Å². The van der Waals surface area contributed by atoms with E-state index in [1.165, 1.54) is 11.1 Å². The molecule has 4 N–H and O–H groups in total. The number of aryl methyl sites for hydroxylation is 1. The van der Waals surface area contributed by atoms with Crippen LogP contribution in [-0.4, -0.2) is 49.5 Å². The molecule has 0 spiro atoms. The molecule has 1 saturated heterocycles. The Balaban J connectivity index is 0.000000392. The molecule has 162 valence electrons. The summed E-state index contributed by atoms with van der Waals surface area (Å²) in [6.45, 7) is 7.48. The van der Waals surface area contributed by atoms with Gasteiger partial charge in [-0.1, -0.05) is 55.0 Å². The second kappa shape index (κ2) is 18.9. The SMILES string of the molecule is CCCOc1ccc(C)cc1.CNCc1ccccc1.O=CO.OC1CCNC1. The second-order valence-corrected chi connectivity index (χ2v) is 6.43. The molecule has 1 fully saturated rings. The third-order valence-electron chi connectivity index (χ3n) is 3.75. The van der Waals surface area contributed by atoms with Gasteiger partial charge in [0.2, 0.25) is 0 Å². The van der Waals surface area contributed by atoms with Crippen LogP contribution >= 0.6 is 0 Å². The summed E-state index contributed by atoms with van der Waals surface area (Å²) in [7, 11) is 1.95. The van der Waals surface area contributed by atoms with Crippen molar-refractivity contribution in [1.29, 1.82) is 0 Å². The Morgan fingerprint density at radius 2 is 1.79 bits per heavy atom. The molecular formula is C23H36N2O4. The van der Waals surface area contributed by atoms with Gasteiger partial charge in [-0.2, -0.15) is 0 Å². The molecule has 1 heterocycles. The Morgan fingerprint density at radius 3 is 2.21 bits per heavy atom. The Morgan fingerprint density at radius 1 is 1.17 bits per heavy atom. The van der Waals surface area contributed by atoms with Crippen LogP contribution in [0.2, 0.25) is 0 Å². The van der Waals surface area contributed by atoms with E-state index in [1.54, 1.807) is 0 Å². The predicted molar refractivity (Wildman–Crippen MR) is 118 cm³/mol. The minimum atomic E-state index is -0.250. The van der Waals surface area contributed by atoms with E-state index < -0.39 is 0 Å². The van der Waals surface area contributed by atoms with E-state index in [4.69, 9.17) is 19.7 Å². The Kier molecular flexibility index (Phi) is 17.4. The molecule has 0 bridgehead atoms. The Bertz CT molecular complexity index is 600. The van der Waals surface area contributed by atoms with Crippen LogP contribution in [-0.2, 0) is 11.3 Å². The van der Waals surface area contributed by atoms with Crippen LogP contribution in [0.15, 0.2) is 54.6 Å². The average molecular weight is 405 g/mol. The van der Waals surface area contributed by atoms with Crippen LogP contribution in [0, 0.1) is 6.92 Å². The molecule has 6 nitrogen and oxygen atoms in total. The van der Waals surface area contributed by atoms with Crippen molar-refractivity contribution in [2.45, 2.75) is 39.3 Å². The first-order chi connectivity index (χ1) is 14.1. The van der Waals surface area contributed by atoms with E-state index in [0.29, 0.717) is 0 Å². The molecule has 1 aliphatic heterocycles. The lowest BCUT2D eigenvalue weighted by molar-refractivity contribution is -0.122. The highest BCUT2D eigenvalue weighted by atomic mass is 16.5. The quantitative estimate of drug-likeness (QED) is 0.572. The average Bonchev–Trinajstić information content (AvgIpc) is 3.21. The zero-order valence-corrected chi connectivity index (χ0v) is 17.8. The number of rotatable bonds is 5. The third-order valence-corrected chi connectivity index (χ3v) is 3.75. The van der Waals surface area contributed by atoms with Crippen molar-refractivity contribution in [3.05, 3.63) is 65.7 Å². The number of aliphatic hydroxyl groups excluding tert-OH is 1. The number of carbonyl (C=O) groups is 1. The second-order valence-electron chi connectivity index (χ2n) is 6.43. The summed E-state index contributed by atoms with van der Waals surface area (Å²) in [5.41, 5.74) is 2.61. The summed E-state index contributed by atoms with van der Waals surface area (Å²) in [5.74, 6) is 0.970. The molecule has 0 aromatic heterocycles. The smallest absolute Gasteiger partial charge is 0.290 e.